The van der Waals surface area contributed by atoms with Crippen LogP contribution in [0.5, 0.6) is 5.75 Å². The Hall–Kier alpha value is -1.92. The zero-order valence-corrected chi connectivity index (χ0v) is 21.3. The van der Waals surface area contributed by atoms with Crippen LogP contribution in [0.3, 0.4) is 0 Å². The average Bonchev–Trinajstić information content (AvgIpc) is 2.72. The normalized spacial score (nSPS) is 12.8. The fourth-order valence-corrected chi connectivity index (χ4v) is 3.74. The quantitative estimate of drug-likeness (QED) is 0.278. The van der Waals surface area contributed by atoms with Crippen LogP contribution in [0.1, 0.15) is 19.4 Å². The van der Waals surface area contributed by atoms with Crippen LogP contribution >= 0.6 is 24.0 Å². The maximum atomic E-state index is 13.7. The van der Waals surface area contributed by atoms with Crippen molar-refractivity contribution >= 4 is 40.0 Å². The molecule has 0 bridgehead atoms. The van der Waals surface area contributed by atoms with Gasteiger partial charge in [-0.2, -0.15) is 0 Å². The van der Waals surface area contributed by atoms with Crippen molar-refractivity contribution in [3.8, 4) is 5.75 Å². The molecule has 10 heteroatoms. The molecule has 0 saturated heterocycles. The summed E-state index contributed by atoms with van der Waals surface area (Å²) in [5, 5.41) is 6.26. The predicted octanol–water partition coefficient (Wildman–Crippen LogP) is 3.22. The lowest BCUT2D eigenvalue weighted by Gasteiger charge is -2.18. The minimum Gasteiger partial charge on any atom is -0.486 e. The minimum absolute atomic E-state index is 0. The van der Waals surface area contributed by atoms with Crippen LogP contribution in [0.4, 0.5) is 4.39 Å². The number of nitrogens with zero attached hydrogens (tertiary/aromatic N) is 2. The van der Waals surface area contributed by atoms with Crippen molar-refractivity contribution < 1.29 is 17.5 Å². The first-order valence-electron chi connectivity index (χ1n) is 9.69. The molecule has 0 aliphatic heterocycles. The van der Waals surface area contributed by atoms with E-state index in [9.17, 15) is 12.8 Å². The standard InChI is InChI=1S/C21H29FN4O3S.HI/c1-5-23-21(24-14-16(2)29-19-12-8-7-11-18(19)22)25-15-17-10-6-9-13-20(17)30(27,28)26(3)4;/h6-13,16H,5,14-15H2,1-4H3,(H2,23,24,25);1H. The fourth-order valence-electron chi connectivity index (χ4n) is 2.63. The van der Waals surface area contributed by atoms with E-state index >= 15 is 0 Å². The fraction of sp³-hybridized carbons (Fsp3) is 0.381. The van der Waals surface area contributed by atoms with Gasteiger partial charge in [0.15, 0.2) is 17.5 Å². The lowest BCUT2D eigenvalue weighted by molar-refractivity contribution is 0.214. The summed E-state index contributed by atoms with van der Waals surface area (Å²) in [7, 11) is -0.568. The third kappa shape index (κ3) is 7.93. The molecule has 1 atom stereocenters. The monoisotopic (exact) mass is 564 g/mol. The SMILES string of the molecule is CCNC(=NCc1ccccc1S(=O)(=O)N(C)C)NCC(C)Oc1ccccc1F.I. The minimum atomic E-state index is -3.56. The highest BCUT2D eigenvalue weighted by molar-refractivity contribution is 14.0. The molecule has 2 aromatic rings. The first-order chi connectivity index (χ1) is 14.3. The van der Waals surface area contributed by atoms with E-state index in [0.717, 1.165) is 0 Å². The number of sulfonamides is 1. The lowest BCUT2D eigenvalue weighted by atomic mass is 10.2. The van der Waals surface area contributed by atoms with Crippen LogP contribution in [-0.2, 0) is 16.6 Å². The Labute approximate surface area is 201 Å². The van der Waals surface area contributed by atoms with Gasteiger partial charge < -0.3 is 15.4 Å². The number of aliphatic imine (C=N–C) groups is 1. The number of hydrogen-bond donors (Lipinski definition) is 2. The maximum Gasteiger partial charge on any atom is 0.242 e. The molecule has 31 heavy (non-hydrogen) atoms. The Morgan fingerprint density at radius 3 is 2.42 bits per heavy atom. The number of nitrogens with one attached hydrogen (secondary N) is 2. The number of para-hydroxylation sites is 1. The number of halogens is 2. The van der Waals surface area contributed by atoms with Crippen molar-refractivity contribution in [1.82, 2.24) is 14.9 Å². The van der Waals surface area contributed by atoms with E-state index in [-0.39, 0.29) is 47.3 Å². The molecular weight excluding hydrogens is 534 g/mol. The van der Waals surface area contributed by atoms with E-state index in [0.29, 0.717) is 24.6 Å². The van der Waals surface area contributed by atoms with Crippen LogP contribution in [0.15, 0.2) is 58.4 Å². The highest BCUT2D eigenvalue weighted by Crippen LogP contribution is 2.19. The maximum absolute atomic E-state index is 13.7. The summed E-state index contributed by atoms with van der Waals surface area (Å²) >= 11 is 0. The molecule has 0 saturated carbocycles. The van der Waals surface area contributed by atoms with E-state index < -0.39 is 15.8 Å². The van der Waals surface area contributed by atoms with Crippen molar-refractivity contribution in [1.29, 1.82) is 0 Å². The average molecular weight is 564 g/mol. The van der Waals surface area contributed by atoms with E-state index in [1.807, 2.05) is 13.8 Å². The van der Waals surface area contributed by atoms with Gasteiger partial charge in [-0.15, -0.1) is 24.0 Å². The number of hydrogen-bond acceptors (Lipinski definition) is 4. The molecule has 1 unspecified atom stereocenters. The Morgan fingerprint density at radius 2 is 1.77 bits per heavy atom. The summed E-state index contributed by atoms with van der Waals surface area (Å²) in [5.41, 5.74) is 0.596. The molecule has 0 aliphatic rings. The molecule has 7 nitrogen and oxygen atoms in total. The molecule has 0 aliphatic carbocycles. The van der Waals surface area contributed by atoms with E-state index in [1.165, 1.54) is 24.5 Å². The Balaban J connectivity index is 0.00000480. The molecule has 0 fully saturated rings. The molecule has 0 heterocycles. The van der Waals surface area contributed by atoms with Crippen LogP contribution in [0.2, 0.25) is 0 Å². The van der Waals surface area contributed by atoms with Gasteiger partial charge in [0.1, 0.15) is 6.10 Å². The molecule has 2 rings (SSSR count). The van der Waals surface area contributed by atoms with Gasteiger partial charge in [0.05, 0.1) is 18.0 Å². The highest BCUT2D eigenvalue weighted by atomic mass is 127. The Morgan fingerprint density at radius 1 is 1.13 bits per heavy atom. The molecule has 2 N–H and O–H groups in total. The summed E-state index contributed by atoms with van der Waals surface area (Å²) in [6.45, 7) is 4.95. The predicted molar refractivity (Wildman–Crippen MR) is 132 cm³/mol. The summed E-state index contributed by atoms with van der Waals surface area (Å²) in [6.07, 6.45) is -0.313. The largest absolute Gasteiger partial charge is 0.486 e. The smallest absolute Gasteiger partial charge is 0.242 e. The molecule has 2 aromatic carbocycles. The molecule has 0 radical (unpaired) electrons. The van der Waals surface area contributed by atoms with E-state index in [4.69, 9.17) is 4.74 Å². The van der Waals surface area contributed by atoms with Gasteiger partial charge in [0.2, 0.25) is 10.0 Å². The van der Waals surface area contributed by atoms with Gasteiger partial charge in [0.25, 0.3) is 0 Å². The Kier molecular flexibility index (Phi) is 11.2. The summed E-state index contributed by atoms with van der Waals surface area (Å²) < 4.78 is 45.6. The van der Waals surface area contributed by atoms with Gasteiger partial charge in [-0.1, -0.05) is 30.3 Å². The number of rotatable bonds is 9. The molecular formula is C21H30FIN4O3S. The highest BCUT2D eigenvalue weighted by Gasteiger charge is 2.20. The van der Waals surface area contributed by atoms with Crippen LogP contribution in [0, 0.1) is 5.82 Å². The van der Waals surface area contributed by atoms with E-state index in [1.54, 1.807) is 42.5 Å². The van der Waals surface area contributed by atoms with E-state index in [2.05, 4.69) is 15.6 Å². The third-order valence-corrected chi connectivity index (χ3v) is 6.12. The number of ether oxygens (including phenoxy) is 1. The van der Waals surface area contributed by atoms with Crippen molar-refractivity contribution in [2.24, 2.45) is 4.99 Å². The lowest BCUT2D eigenvalue weighted by Crippen LogP contribution is -2.41. The second-order valence-electron chi connectivity index (χ2n) is 6.83. The van der Waals surface area contributed by atoms with Gasteiger partial charge in [-0.3, -0.25) is 0 Å². The second kappa shape index (κ2) is 12.8. The Bertz CT molecular complexity index is 971. The van der Waals surface area contributed by atoms with Gasteiger partial charge in [-0.05, 0) is 37.6 Å². The topological polar surface area (TPSA) is 83.0 Å². The first-order valence-corrected chi connectivity index (χ1v) is 11.1. The number of benzene rings is 2. The summed E-state index contributed by atoms with van der Waals surface area (Å²) in [4.78, 5) is 4.72. The molecule has 0 aromatic heterocycles. The number of guanidine groups is 1. The van der Waals surface area contributed by atoms with Crippen molar-refractivity contribution in [2.45, 2.75) is 31.4 Å². The van der Waals surface area contributed by atoms with Gasteiger partial charge >= 0.3 is 0 Å². The summed E-state index contributed by atoms with van der Waals surface area (Å²) in [5.74, 6) is 0.290. The molecule has 0 amide bonds. The third-order valence-electron chi connectivity index (χ3n) is 4.20. The van der Waals surface area contributed by atoms with Crippen LogP contribution < -0.4 is 15.4 Å². The zero-order chi connectivity index (χ0) is 22.1. The van der Waals surface area contributed by atoms with Crippen LogP contribution in [-0.4, -0.2) is 52.0 Å². The van der Waals surface area contributed by atoms with Crippen molar-refractivity contribution in [3.05, 3.63) is 59.9 Å². The molecule has 172 valence electrons. The molecule has 0 spiro atoms. The van der Waals surface area contributed by atoms with Gasteiger partial charge in [0, 0.05) is 20.6 Å². The summed E-state index contributed by atoms with van der Waals surface area (Å²) in [6, 6.07) is 13.0. The van der Waals surface area contributed by atoms with Crippen LogP contribution in [0.25, 0.3) is 0 Å². The second-order valence-corrected chi connectivity index (χ2v) is 8.95. The van der Waals surface area contributed by atoms with Gasteiger partial charge in [-0.25, -0.2) is 22.1 Å². The zero-order valence-electron chi connectivity index (χ0n) is 18.1. The first kappa shape index (κ1) is 27.1. The van der Waals surface area contributed by atoms with Crippen molar-refractivity contribution in [3.63, 3.8) is 0 Å². The van der Waals surface area contributed by atoms with Crippen molar-refractivity contribution in [2.75, 3.05) is 27.2 Å².